The zero-order valence-corrected chi connectivity index (χ0v) is 12.4. The normalized spacial score (nSPS) is 11.9. The number of thioether (sulfide) groups is 1. The molecule has 0 unspecified atom stereocenters. The molecular formula is C15H17N3OS. The van der Waals surface area contributed by atoms with E-state index in [1.807, 2.05) is 50.2 Å². The molecule has 20 heavy (non-hydrogen) atoms. The van der Waals surface area contributed by atoms with Crippen LogP contribution in [-0.4, -0.2) is 21.6 Å². The van der Waals surface area contributed by atoms with Gasteiger partial charge in [-0.2, -0.15) is 0 Å². The number of nitrogens with zero attached hydrogens (tertiary/aromatic N) is 2. The number of carbonyl (C=O) groups is 1. The van der Waals surface area contributed by atoms with Crippen LogP contribution in [0.25, 0.3) is 0 Å². The Labute approximate surface area is 123 Å². The Hall–Kier alpha value is -1.88. The van der Waals surface area contributed by atoms with E-state index in [0.29, 0.717) is 10.9 Å². The van der Waals surface area contributed by atoms with Crippen molar-refractivity contribution in [1.29, 1.82) is 0 Å². The van der Waals surface area contributed by atoms with Crippen molar-refractivity contribution in [2.24, 2.45) is 0 Å². The molecule has 0 saturated heterocycles. The van der Waals surface area contributed by atoms with Gasteiger partial charge in [0, 0.05) is 11.9 Å². The number of benzene rings is 1. The number of aryl methyl sites for hydroxylation is 1. The zero-order valence-electron chi connectivity index (χ0n) is 11.5. The van der Waals surface area contributed by atoms with Crippen LogP contribution in [-0.2, 0) is 4.79 Å². The van der Waals surface area contributed by atoms with Gasteiger partial charge in [-0.1, -0.05) is 42.1 Å². The smallest absolute Gasteiger partial charge is 0.230 e. The maximum atomic E-state index is 11.9. The van der Waals surface area contributed by atoms with Gasteiger partial charge < -0.3 is 5.32 Å². The Morgan fingerprint density at radius 3 is 2.75 bits per heavy atom. The van der Waals surface area contributed by atoms with Gasteiger partial charge in [0.15, 0.2) is 5.16 Å². The molecule has 2 aromatic rings. The first-order valence-electron chi connectivity index (χ1n) is 6.42. The lowest BCUT2D eigenvalue weighted by molar-refractivity contribution is -0.119. The fourth-order valence-electron chi connectivity index (χ4n) is 1.73. The number of hydrogen-bond donors (Lipinski definition) is 1. The third-order valence-corrected chi connectivity index (χ3v) is 3.64. The van der Waals surface area contributed by atoms with E-state index in [9.17, 15) is 4.79 Å². The predicted octanol–water partition coefficient (Wildman–Crippen LogP) is 2.75. The van der Waals surface area contributed by atoms with Crippen molar-refractivity contribution in [3.63, 3.8) is 0 Å². The average molecular weight is 287 g/mol. The Balaban J connectivity index is 1.84. The Morgan fingerprint density at radius 2 is 2.05 bits per heavy atom. The van der Waals surface area contributed by atoms with Gasteiger partial charge in [0.1, 0.15) is 0 Å². The van der Waals surface area contributed by atoms with Gasteiger partial charge in [-0.15, -0.1) is 0 Å². The van der Waals surface area contributed by atoms with Crippen molar-refractivity contribution in [1.82, 2.24) is 15.3 Å². The van der Waals surface area contributed by atoms with Crippen molar-refractivity contribution in [2.75, 3.05) is 5.75 Å². The Bertz CT molecular complexity index is 574. The maximum absolute atomic E-state index is 11.9. The van der Waals surface area contributed by atoms with E-state index in [1.54, 1.807) is 6.20 Å². The summed E-state index contributed by atoms with van der Waals surface area (Å²) in [5.41, 5.74) is 2.00. The lowest BCUT2D eigenvalue weighted by Gasteiger charge is -2.13. The number of carbonyl (C=O) groups excluding carboxylic acids is 1. The largest absolute Gasteiger partial charge is 0.349 e. The fraction of sp³-hybridized carbons (Fsp3) is 0.267. The summed E-state index contributed by atoms with van der Waals surface area (Å²) < 4.78 is 0. The van der Waals surface area contributed by atoms with Gasteiger partial charge in [0.05, 0.1) is 11.8 Å². The van der Waals surface area contributed by atoms with Crippen LogP contribution in [0.5, 0.6) is 0 Å². The van der Waals surface area contributed by atoms with Crippen LogP contribution < -0.4 is 5.32 Å². The molecule has 0 bridgehead atoms. The number of nitrogens with one attached hydrogen (secondary N) is 1. The van der Waals surface area contributed by atoms with Gasteiger partial charge in [0.25, 0.3) is 0 Å². The van der Waals surface area contributed by atoms with E-state index in [4.69, 9.17) is 0 Å². The molecule has 0 aliphatic heterocycles. The topological polar surface area (TPSA) is 54.9 Å². The van der Waals surface area contributed by atoms with Crippen LogP contribution in [0, 0.1) is 6.92 Å². The van der Waals surface area contributed by atoms with E-state index in [-0.39, 0.29) is 11.9 Å². The van der Waals surface area contributed by atoms with E-state index in [0.717, 1.165) is 11.3 Å². The summed E-state index contributed by atoms with van der Waals surface area (Å²) in [6.07, 6.45) is 1.70. The SMILES string of the molecule is Cc1ccnc(SCC(=O)N[C@H](C)c2ccccc2)n1. The Kier molecular flexibility index (Phi) is 5.12. The molecule has 0 fully saturated rings. The van der Waals surface area contributed by atoms with Crippen LogP contribution in [0.4, 0.5) is 0 Å². The van der Waals surface area contributed by atoms with Crippen molar-refractivity contribution in [2.45, 2.75) is 25.0 Å². The van der Waals surface area contributed by atoms with Crippen LogP contribution in [0.2, 0.25) is 0 Å². The first-order valence-corrected chi connectivity index (χ1v) is 7.40. The summed E-state index contributed by atoms with van der Waals surface area (Å²) in [4.78, 5) is 20.3. The molecule has 0 aliphatic carbocycles. The lowest BCUT2D eigenvalue weighted by atomic mass is 10.1. The molecule has 1 aromatic heterocycles. The van der Waals surface area contributed by atoms with E-state index in [2.05, 4.69) is 15.3 Å². The molecule has 104 valence electrons. The maximum Gasteiger partial charge on any atom is 0.230 e. The molecule has 0 radical (unpaired) electrons. The minimum atomic E-state index is -0.0172. The van der Waals surface area contributed by atoms with Crippen molar-refractivity contribution in [3.05, 3.63) is 53.9 Å². The summed E-state index contributed by atoms with van der Waals surface area (Å²) in [6, 6.07) is 11.7. The molecule has 2 rings (SSSR count). The molecule has 5 heteroatoms. The van der Waals surface area contributed by atoms with E-state index in [1.165, 1.54) is 11.8 Å². The lowest BCUT2D eigenvalue weighted by Crippen LogP contribution is -2.28. The second kappa shape index (κ2) is 7.05. The van der Waals surface area contributed by atoms with Gasteiger partial charge in [0.2, 0.25) is 5.91 Å². The third kappa shape index (κ3) is 4.35. The number of amides is 1. The van der Waals surface area contributed by atoms with E-state index < -0.39 is 0 Å². The zero-order chi connectivity index (χ0) is 14.4. The minimum absolute atomic E-state index is 0.00253. The second-order valence-electron chi connectivity index (χ2n) is 4.47. The fourth-order valence-corrected chi connectivity index (χ4v) is 2.42. The summed E-state index contributed by atoms with van der Waals surface area (Å²) in [6.45, 7) is 3.88. The standard InChI is InChI=1S/C15H17N3OS/c1-11-8-9-16-15(17-11)20-10-14(19)18-12(2)13-6-4-3-5-7-13/h3-9,12H,10H2,1-2H3,(H,18,19)/t12-/m1/s1. The van der Waals surface area contributed by atoms with Crippen LogP contribution in [0.3, 0.4) is 0 Å². The summed E-state index contributed by atoms with van der Waals surface area (Å²) in [5, 5.41) is 3.60. The molecule has 1 N–H and O–H groups in total. The quantitative estimate of drug-likeness (QED) is 0.678. The molecule has 4 nitrogen and oxygen atoms in total. The highest BCUT2D eigenvalue weighted by molar-refractivity contribution is 7.99. The van der Waals surface area contributed by atoms with Crippen LogP contribution in [0.1, 0.15) is 24.2 Å². The van der Waals surface area contributed by atoms with Crippen LogP contribution in [0.15, 0.2) is 47.8 Å². The average Bonchev–Trinajstić information content (AvgIpc) is 2.46. The highest BCUT2D eigenvalue weighted by atomic mass is 32.2. The minimum Gasteiger partial charge on any atom is -0.349 e. The first-order chi connectivity index (χ1) is 9.65. The van der Waals surface area contributed by atoms with Crippen molar-refractivity contribution < 1.29 is 4.79 Å². The number of aromatic nitrogens is 2. The molecule has 0 spiro atoms. The number of hydrogen-bond acceptors (Lipinski definition) is 4. The van der Waals surface area contributed by atoms with Crippen molar-refractivity contribution in [3.8, 4) is 0 Å². The Morgan fingerprint density at radius 1 is 1.30 bits per heavy atom. The highest BCUT2D eigenvalue weighted by Gasteiger charge is 2.10. The van der Waals surface area contributed by atoms with Crippen molar-refractivity contribution >= 4 is 17.7 Å². The second-order valence-corrected chi connectivity index (χ2v) is 5.41. The molecular weight excluding hydrogens is 270 g/mol. The molecule has 0 aliphatic rings. The van der Waals surface area contributed by atoms with Crippen LogP contribution >= 0.6 is 11.8 Å². The third-order valence-electron chi connectivity index (χ3n) is 2.78. The summed E-state index contributed by atoms with van der Waals surface area (Å²) >= 11 is 1.35. The van der Waals surface area contributed by atoms with Gasteiger partial charge in [-0.05, 0) is 25.5 Å². The van der Waals surface area contributed by atoms with Gasteiger partial charge >= 0.3 is 0 Å². The molecule has 1 aromatic carbocycles. The molecule has 1 heterocycles. The predicted molar refractivity (Wildman–Crippen MR) is 80.5 cm³/mol. The first kappa shape index (κ1) is 14.5. The molecule has 1 atom stereocenters. The monoisotopic (exact) mass is 287 g/mol. The van der Waals surface area contributed by atoms with E-state index >= 15 is 0 Å². The van der Waals surface area contributed by atoms with Gasteiger partial charge in [-0.3, -0.25) is 4.79 Å². The summed E-state index contributed by atoms with van der Waals surface area (Å²) in [5.74, 6) is 0.303. The molecule has 1 amide bonds. The highest BCUT2D eigenvalue weighted by Crippen LogP contribution is 2.14. The summed E-state index contributed by atoms with van der Waals surface area (Å²) in [7, 11) is 0. The van der Waals surface area contributed by atoms with Gasteiger partial charge in [-0.25, -0.2) is 9.97 Å². The number of rotatable bonds is 5. The molecule has 0 saturated carbocycles.